The smallest absolute Gasteiger partial charge is 0.270 e. The molecule has 0 spiro atoms. The number of para-hydroxylation sites is 1. The van der Waals surface area contributed by atoms with Crippen molar-refractivity contribution in [3.05, 3.63) is 83.6 Å². The summed E-state index contributed by atoms with van der Waals surface area (Å²) >= 11 is 0. The van der Waals surface area contributed by atoms with E-state index in [9.17, 15) is 9.18 Å². The molecule has 0 saturated heterocycles. The Hall–Kier alpha value is -3.28. The van der Waals surface area contributed by atoms with Gasteiger partial charge in [-0.2, -0.15) is 0 Å². The molecule has 2 aromatic carbocycles. The maximum absolute atomic E-state index is 13.0. The first-order chi connectivity index (χ1) is 13.6. The van der Waals surface area contributed by atoms with Crippen LogP contribution in [-0.2, 0) is 6.42 Å². The highest BCUT2D eigenvalue weighted by Gasteiger charge is 2.15. The lowest BCUT2D eigenvalue weighted by Gasteiger charge is -2.22. The van der Waals surface area contributed by atoms with Gasteiger partial charge in [-0.3, -0.25) is 4.79 Å². The first kappa shape index (κ1) is 19.5. The van der Waals surface area contributed by atoms with Crippen molar-refractivity contribution in [2.75, 3.05) is 18.0 Å². The van der Waals surface area contributed by atoms with E-state index >= 15 is 0 Å². The Kier molecular flexibility index (Phi) is 6.32. The van der Waals surface area contributed by atoms with Crippen molar-refractivity contribution in [1.82, 2.24) is 15.3 Å². The molecule has 0 unspecified atom stereocenters. The van der Waals surface area contributed by atoms with Crippen molar-refractivity contribution in [1.29, 1.82) is 0 Å². The van der Waals surface area contributed by atoms with E-state index in [1.165, 1.54) is 12.1 Å². The first-order valence-electron chi connectivity index (χ1n) is 9.27. The molecule has 3 aromatic rings. The van der Waals surface area contributed by atoms with Gasteiger partial charge in [0.2, 0.25) is 0 Å². The minimum absolute atomic E-state index is 0.252. The zero-order valence-electron chi connectivity index (χ0n) is 16.0. The first-order valence-corrected chi connectivity index (χ1v) is 9.27. The molecule has 6 heteroatoms. The van der Waals surface area contributed by atoms with Crippen LogP contribution in [0.25, 0.3) is 0 Å². The molecule has 0 aliphatic rings. The lowest BCUT2D eigenvalue weighted by atomic mass is 10.1. The number of halogens is 1. The van der Waals surface area contributed by atoms with Gasteiger partial charge in [-0.25, -0.2) is 14.4 Å². The summed E-state index contributed by atoms with van der Waals surface area (Å²) in [5, 5.41) is 2.87. The highest BCUT2D eigenvalue weighted by Crippen LogP contribution is 2.23. The van der Waals surface area contributed by atoms with Gasteiger partial charge in [-0.1, -0.05) is 30.3 Å². The third-order valence-electron chi connectivity index (χ3n) is 4.33. The van der Waals surface area contributed by atoms with Crippen LogP contribution in [0.2, 0.25) is 0 Å². The number of benzene rings is 2. The molecule has 28 heavy (non-hydrogen) atoms. The van der Waals surface area contributed by atoms with Crippen LogP contribution in [0.1, 0.15) is 28.8 Å². The Morgan fingerprint density at radius 3 is 2.46 bits per heavy atom. The number of anilines is 2. The van der Waals surface area contributed by atoms with Crippen LogP contribution in [-0.4, -0.2) is 29.0 Å². The van der Waals surface area contributed by atoms with Gasteiger partial charge in [0.15, 0.2) is 0 Å². The summed E-state index contributed by atoms with van der Waals surface area (Å²) < 4.78 is 13.0. The van der Waals surface area contributed by atoms with Gasteiger partial charge in [0.1, 0.15) is 23.2 Å². The molecule has 0 bridgehead atoms. The normalized spacial score (nSPS) is 10.5. The number of carbonyl (C=O) groups excluding carboxylic acids is 1. The van der Waals surface area contributed by atoms with Crippen LogP contribution < -0.4 is 10.2 Å². The summed E-state index contributed by atoms with van der Waals surface area (Å²) in [4.78, 5) is 23.4. The molecule has 1 amide bonds. The number of nitrogens with one attached hydrogen (secondary N) is 1. The SMILES string of the molecule is CCN(c1ccccc1)c1cc(C(=O)NCCc2ccc(F)cc2)nc(C)n1. The summed E-state index contributed by atoms with van der Waals surface area (Å²) in [7, 11) is 0. The van der Waals surface area contributed by atoms with Gasteiger partial charge in [-0.05, 0) is 50.1 Å². The van der Waals surface area contributed by atoms with Crippen LogP contribution in [0.3, 0.4) is 0 Å². The monoisotopic (exact) mass is 378 g/mol. The lowest BCUT2D eigenvalue weighted by Crippen LogP contribution is -2.27. The fourth-order valence-electron chi connectivity index (χ4n) is 2.95. The minimum atomic E-state index is -0.268. The van der Waals surface area contributed by atoms with Crippen molar-refractivity contribution in [2.24, 2.45) is 0 Å². The van der Waals surface area contributed by atoms with E-state index in [1.807, 2.05) is 42.2 Å². The van der Waals surface area contributed by atoms with Gasteiger partial charge in [0.05, 0.1) is 0 Å². The summed E-state index contributed by atoms with van der Waals surface area (Å²) in [6, 6.07) is 17.9. The van der Waals surface area contributed by atoms with Crippen molar-refractivity contribution in [3.8, 4) is 0 Å². The van der Waals surface area contributed by atoms with Crippen LogP contribution in [0, 0.1) is 12.7 Å². The maximum atomic E-state index is 13.0. The Bertz CT molecular complexity index is 929. The van der Waals surface area contributed by atoms with E-state index in [4.69, 9.17) is 0 Å². The standard InChI is InChI=1S/C22H23FN4O/c1-3-27(19-7-5-4-6-8-19)21-15-20(25-16(2)26-21)22(28)24-14-13-17-9-11-18(23)12-10-17/h4-12,15H,3,13-14H2,1-2H3,(H,24,28). The molecule has 0 atom stereocenters. The van der Waals surface area contributed by atoms with Gasteiger partial charge in [-0.15, -0.1) is 0 Å². The number of carbonyl (C=O) groups is 1. The van der Waals surface area contributed by atoms with Crippen molar-refractivity contribution in [2.45, 2.75) is 20.3 Å². The molecule has 1 N–H and O–H groups in total. The lowest BCUT2D eigenvalue weighted by molar-refractivity contribution is 0.0948. The molecule has 3 rings (SSSR count). The second kappa shape index (κ2) is 9.08. The van der Waals surface area contributed by atoms with E-state index in [0.717, 1.165) is 11.3 Å². The highest BCUT2D eigenvalue weighted by atomic mass is 19.1. The van der Waals surface area contributed by atoms with E-state index in [-0.39, 0.29) is 11.7 Å². The Morgan fingerprint density at radius 2 is 1.79 bits per heavy atom. The summed E-state index contributed by atoms with van der Waals surface area (Å²) in [6.45, 7) is 4.97. The quantitative estimate of drug-likeness (QED) is 0.674. The number of hydrogen-bond donors (Lipinski definition) is 1. The molecule has 0 aliphatic heterocycles. The molecule has 0 saturated carbocycles. The average molecular weight is 378 g/mol. The molecule has 144 valence electrons. The molecule has 0 radical (unpaired) electrons. The van der Waals surface area contributed by atoms with Gasteiger partial charge in [0, 0.05) is 24.8 Å². The zero-order valence-corrected chi connectivity index (χ0v) is 16.0. The largest absolute Gasteiger partial charge is 0.350 e. The summed E-state index contributed by atoms with van der Waals surface area (Å²) in [5.74, 6) is 0.703. The fraction of sp³-hybridized carbons (Fsp3) is 0.227. The molecule has 1 heterocycles. The topological polar surface area (TPSA) is 58.1 Å². The van der Waals surface area contributed by atoms with Gasteiger partial charge >= 0.3 is 0 Å². The number of hydrogen-bond acceptors (Lipinski definition) is 4. The Balaban J connectivity index is 1.71. The number of aromatic nitrogens is 2. The zero-order chi connectivity index (χ0) is 19.9. The Labute approximate surface area is 164 Å². The maximum Gasteiger partial charge on any atom is 0.270 e. The van der Waals surface area contributed by atoms with E-state index in [2.05, 4.69) is 15.3 Å². The van der Waals surface area contributed by atoms with E-state index in [1.54, 1.807) is 25.1 Å². The second-order valence-electron chi connectivity index (χ2n) is 6.37. The molecule has 1 aromatic heterocycles. The summed E-state index contributed by atoms with van der Waals surface area (Å²) in [6.07, 6.45) is 0.619. The average Bonchev–Trinajstić information content (AvgIpc) is 2.70. The van der Waals surface area contributed by atoms with Gasteiger partial charge in [0.25, 0.3) is 5.91 Å². The van der Waals surface area contributed by atoms with Crippen molar-refractivity contribution in [3.63, 3.8) is 0 Å². The Morgan fingerprint density at radius 1 is 1.07 bits per heavy atom. The number of aryl methyl sites for hydroxylation is 1. The second-order valence-corrected chi connectivity index (χ2v) is 6.37. The van der Waals surface area contributed by atoms with Crippen LogP contribution >= 0.6 is 0 Å². The third-order valence-corrected chi connectivity index (χ3v) is 4.33. The predicted octanol–water partition coefficient (Wildman–Crippen LogP) is 4.05. The van der Waals surface area contributed by atoms with Crippen LogP contribution in [0.15, 0.2) is 60.7 Å². The highest BCUT2D eigenvalue weighted by molar-refractivity contribution is 5.93. The molecular formula is C22H23FN4O. The fourth-order valence-corrected chi connectivity index (χ4v) is 2.95. The van der Waals surface area contributed by atoms with E-state index in [0.29, 0.717) is 36.8 Å². The molecule has 0 aliphatic carbocycles. The van der Waals surface area contributed by atoms with Crippen molar-refractivity contribution >= 4 is 17.4 Å². The summed E-state index contributed by atoms with van der Waals surface area (Å²) in [5.41, 5.74) is 2.30. The van der Waals surface area contributed by atoms with Gasteiger partial charge < -0.3 is 10.2 Å². The predicted molar refractivity (Wildman–Crippen MR) is 108 cm³/mol. The van der Waals surface area contributed by atoms with Crippen LogP contribution in [0.4, 0.5) is 15.9 Å². The molecule has 0 fully saturated rings. The van der Waals surface area contributed by atoms with E-state index < -0.39 is 0 Å². The number of nitrogens with zero attached hydrogens (tertiary/aromatic N) is 3. The number of amides is 1. The molecular weight excluding hydrogens is 355 g/mol. The molecule has 5 nitrogen and oxygen atoms in total. The number of rotatable bonds is 7. The van der Waals surface area contributed by atoms with Crippen molar-refractivity contribution < 1.29 is 9.18 Å². The van der Waals surface area contributed by atoms with Crippen LogP contribution in [0.5, 0.6) is 0 Å². The third kappa shape index (κ3) is 4.91. The minimum Gasteiger partial charge on any atom is -0.350 e.